The minimum Gasteiger partial charge on any atom is -0.489 e. The summed E-state index contributed by atoms with van der Waals surface area (Å²) >= 11 is 0. The fourth-order valence-electron chi connectivity index (χ4n) is 3.63. The highest BCUT2D eigenvalue weighted by Gasteiger charge is 2.32. The van der Waals surface area contributed by atoms with Crippen molar-refractivity contribution < 1.29 is 9.47 Å². The molecule has 1 aromatic carbocycles. The van der Waals surface area contributed by atoms with E-state index in [9.17, 15) is 0 Å². The summed E-state index contributed by atoms with van der Waals surface area (Å²) in [4.78, 5) is 6.86. The molecule has 0 amide bonds. The van der Waals surface area contributed by atoms with E-state index in [2.05, 4.69) is 40.4 Å². The number of ether oxygens (including phenoxy) is 2. The third-order valence-corrected chi connectivity index (χ3v) is 5.16. The van der Waals surface area contributed by atoms with Gasteiger partial charge < -0.3 is 20.1 Å². The van der Waals surface area contributed by atoms with Crippen molar-refractivity contribution in [3.63, 3.8) is 0 Å². The molecule has 2 aliphatic rings. The van der Waals surface area contributed by atoms with Gasteiger partial charge in [-0.2, -0.15) is 0 Å². The van der Waals surface area contributed by atoms with Crippen LogP contribution in [0.4, 0.5) is 0 Å². The van der Waals surface area contributed by atoms with Crippen LogP contribution in [-0.4, -0.2) is 68.9 Å². The summed E-state index contributed by atoms with van der Waals surface area (Å²) in [6, 6.07) is 8.73. The second kappa shape index (κ2) is 11.1. The number of aryl methyl sites for hydroxylation is 1. The van der Waals surface area contributed by atoms with Gasteiger partial charge in [0.1, 0.15) is 11.9 Å². The number of fused-ring (bicyclic) bond motifs is 1. The highest BCUT2D eigenvalue weighted by atomic mass is 127. The maximum Gasteiger partial charge on any atom is 0.191 e. The molecule has 3 rings (SSSR count). The molecule has 27 heavy (non-hydrogen) atoms. The Labute approximate surface area is 180 Å². The lowest BCUT2D eigenvalue weighted by atomic mass is 10.2. The van der Waals surface area contributed by atoms with Crippen LogP contribution in [0.2, 0.25) is 0 Å². The highest BCUT2D eigenvalue weighted by molar-refractivity contribution is 14.0. The van der Waals surface area contributed by atoms with E-state index in [1.54, 1.807) is 7.05 Å². The molecule has 0 spiro atoms. The molecule has 2 saturated heterocycles. The molecular formula is C20H33IN4O2. The molecule has 7 heteroatoms. The van der Waals surface area contributed by atoms with Gasteiger partial charge in [-0.1, -0.05) is 18.2 Å². The molecule has 0 saturated carbocycles. The van der Waals surface area contributed by atoms with E-state index < -0.39 is 0 Å². The van der Waals surface area contributed by atoms with Crippen LogP contribution in [0.3, 0.4) is 0 Å². The van der Waals surface area contributed by atoms with E-state index in [0.717, 1.165) is 37.0 Å². The summed E-state index contributed by atoms with van der Waals surface area (Å²) in [5.41, 5.74) is 1.15. The first-order valence-electron chi connectivity index (χ1n) is 9.68. The van der Waals surface area contributed by atoms with Crippen LogP contribution >= 0.6 is 24.0 Å². The summed E-state index contributed by atoms with van der Waals surface area (Å²) in [6.45, 7) is 8.67. The number of para-hydroxylation sites is 1. The van der Waals surface area contributed by atoms with Crippen LogP contribution in [-0.2, 0) is 4.74 Å². The topological polar surface area (TPSA) is 58.1 Å². The van der Waals surface area contributed by atoms with Gasteiger partial charge in [0, 0.05) is 26.2 Å². The van der Waals surface area contributed by atoms with Crippen molar-refractivity contribution in [2.75, 3.05) is 39.8 Å². The van der Waals surface area contributed by atoms with Crippen molar-refractivity contribution in [3.8, 4) is 5.75 Å². The Morgan fingerprint density at radius 2 is 2.19 bits per heavy atom. The predicted octanol–water partition coefficient (Wildman–Crippen LogP) is 2.41. The zero-order valence-electron chi connectivity index (χ0n) is 16.6. The Kier molecular flexibility index (Phi) is 9.11. The van der Waals surface area contributed by atoms with Crippen molar-refractivity contribution in [2.45, 2.75) is 44.9 Å². The Morgan fingerprint density at radius 1 is 1.37 bits per heavy atom. The van der Waals surface area contributed by atoms with Gasteiger partial charge in [-0.25, -0.2) is 0 Å². The van der Waals surface area contributed by atoms with Crippen LogP contribution < -0.4 is 15.4 Å². The number of hydrogen-bond donors (Lipinski definition) is 2. The maximum absolute atomic E-state index is 6.01. The summed E-state index contributed by atoms with van der Waals surface area (Å²) in [7, 11) is 1.79. The number of aliphatic imine (C=N–C) groups is 1. The van der Waals surface area contributed by atoms with Gasteiger partial charge in [-0.3, -0.25) is 9.89 Å². The maximum atomic E-state index is 6.01. The Balaban J connectivity index is 0.00000261. The summed E-state index contributed by atoms with van der Waals surface area (Å²) in [5.74, 6) is 1.72. The highest BCUT2D eigenvalue weighted by Crippen LogP contribution is 2.22. The number of nitrogens with zero attached hydrogens (tertiary/aromatic N) is 2. The van der Waals surface area contributed by atoms with Crippen LogP contribution in [0.15, 0.2) is 29.3 Å². The van der Waals surface area contributed by atoms with E-state index >= 15 is 0 Å². The Morgan fingerprint density at radius 3 is 2.96 bits per heavy atom. The van der Waals surface area contributed by atoms with Crippen molar-refractivity contribution in [1.29, 1.82) is 0 Å². The average Bonchev–Trinajstić information content (AvgIpc) is 3.11. The number of rotatable bonds is 6. The first kappa shape index (κ1) is 22.2. The van der Waals surface area contributed by atoms with Gasteiger partial charge in [-0.15, -0.1) is 24.0 Å². The molecule has 2 N–H and O–H groups in total. The molecule has 2 aliphatic heterocycles. The largest absolute Gasteiger partial charge is 0.489 e. The van der Waals surface area contributed by atoms with Crippen molar-refractivity contribution in [3.05, 3.63) is 29.8 Å². The van der Waals surface area contributed by atoms with Crippen molar-refractivity contribution in [2.24, 2.45) is 4.99 Å². The molecule has 0 radical (unpaired) electrons. The molecule has 152 valence electrons. The monoisotopic (exact) mass is 488 g/mol. The van der Waals surface area contributed by atoms with Crippen LogP contribution in [0, 0.1) is 6.92 Å². The van der Waals surface area contributed by atoms with E-state index in [1.807, 2.05) is 18.2 Å². The van der Waals surface area contributed by atoms with Crippen LogP contribution in [0.5, 0.6) is 5.75 Å². The molecule has 2 heterocycles. The van der Waals surface area contributed by atoms with Gasteiger partial charge in [0.15, 0.2) is 5.96 Å². The van der Waals surface area contributed by atoms with E-state index in [1.165, 1.54) is 19.4 Å². The average molecular weight is 488 g/mol. The fraction of sp³-hybridized carbons (Fsp3) is 0.650. The first-order chi connectivity index (χ1) is 12.7. The molecule has 0 aromatic heterocycles. The van der Waals surface area contributed by atoms with E-state index in [4.69, 9.17) is 9.47 Å². The zero-order chi connectivity index (χ0) is 18.4. The molecule has 1 aromatic rings. The lowest BCUT2D eigenvalue weighted by Gasteiger charge is -2.35. The normalized spacial score (nSPS) is 23.9. The quantitative estimate of drug-likeness (QED) is 0.366. The van der Waals surface area contributed by atoms with E-state index in [-0.39, 0.29) is 36.2 Å². The minimum atomic E-state index is 0. The van der Waals surface area contributed by atoms with Gasteiger partial charge in [0.25, 0.3) is 0 Å². The molecule has 3 unspecified atom stereocenters. The minimum absolute atomic E-state index is 0. The number of hydrogen-bond acceptors (Lipinski definition) is 4. The lowest BCUT2D eigenvalue weighted by Crippen LogP contribution is -2.52. The molecule has 0 aliphatic carbocycles. The lowest BCUT2D eigenvalue weighted by molar-refractivity contribution is -0.0453. The van der Waals surface area contributed by atoms with Crippen LogP contribution in [0.1, 0.15) is 25.3 Å². The van der Waals surface area contributed by atoms with E-state index in [0.29, 0.717) is 12.6 Å². The van der Waals surface area contributed by atoms with Crippen LogP contribution in [0.25, 0.3) is 0 Å². The molecule has 2 fully saturated rings. The summed E-state index contributed by atoms with van der Waals surface area (Å²) in [6.07, 6.45) is 2.85. The smallest absolute Gasteiger partial charge is 0.191 e. The number of halogens is 1. The zero-order valence-corrected chi connectivity index (χ0v) is 18.9. The number of benzene rings is 1. The predicted molar refractivity (Wildman–Crippen MR) is 120 cm³/mol. The van der Waals surface area contributed by atoms with Crippen molar-refractivity contribution in [1.82, 2.24) is 15.5 Å². The second-order valence-corrected chi connectivity index (χ2v) is 7.27. The standard InChI is InChI=1S/C20H32N4O2.HI/c1-15-7-4-5-9-19(15)26-16(2)11-22-20(21-3)23-12-18-13-24-10-6-8-17(24)14-25-18;/h4-5,7,9,16-18H,6,8,10-14H2,1-3H3,(H2,21,22,23);1H. The number of nitrogens with one attached hydrogen (secondary N) is 2. The molecule has 0 bridgehead atoms. The third-order valence-electron chi connectivity index (χ3n) is 5.16. The third kappa shape index (κ3) is 6.50. The van der Waals surface area contributed by atoms with Gasteiger partial charge in [-0.05, 0) is 44.9 Å². The second-order valence-electron chi connectivity index (χ2n) is 7.27. The molecule has 6 nitrogen and oxygen atoms in total. The number of guanidine groups is 1. The first-order valence-corrected chi connectivity index (χ1v) is 9.68. The van der Waals surface area contributed by atoms with Crippen molar-refractivity contribution >= 4 is 29.9 Å². The SMILES string of the molecule is CN=C(NCC(C)Oc1ccccc1C)NCC1CN2CCCC2CO1.I. The fourth-order valence-corrected chi connectivity index (χ4v) is 3.63. The Bertz CT molecular complexity index is 613. The molecular weight excluding hydrogens is 455 g/mol. The number of morpholine rings is 1. The van der Waals surface area contributed by atoms with Gasteiger partial charge in [0.2, 0.25) is 0 Å². The Hall–Kier alpha value is -1.06. The summed E-state index contributed by atoms with van der Waals surface area (Å²) in [5, 5.41) is 6.72. The summed E-state index contributed by atoms with van der Waals surface area (Å²) < 4.78 is 12.0. The van der Waals surface area contributed by atoms with Gasteiger partial charge >= 0.3 is 0 Å². The molecule has 3 atom stereocenters. The van der Waals surface area contributed by atoms with Gasteiger partial charge in [0.05, 0.1) is 19.3 Å².